The molecule has 0 unspecified atom stereocenters. The second-order valence-corrected chi connectivity index (χ2v) is 15.8. The van der Waals surface area contributed by atoms with Crippen LogP contribution in [0.2, 0.25) is 18.6 Å². The number of hydrogen-bond donors (Lipinski definition) is 6. The van der Waals surface area contributed by atoms with E-state index in [0.29, 0.717) is 36.3 Å². The molecule has 43 heavy (non-hydrogen) atoms. The largest absolute Gasteiger partial charge is 0.396 e. The third kappa shape index (κ3) is 5.39. The number of aromatic nitrogens is 3. The van der Waals surface area contributed by atoms with Crippen molar-refractivity contribution in [2.24, 2.45) is 5.92 Å². The molecular formula is C27H38FN5O9Si. The lowest BCUT2D eigenvalue weighted by atomic mass is 9.82. The fourth-order valence-electron chi connectivity index (χ4n) is 6.73. The number of aliphatic hydroxyl groups is 5. The first-order valence-electron chi connectivity index (χ1n) is 14.2. The maximum absolute atomic E-state index is 16.0. The molecule has 3 aliphatic rings. The van der Waals surface area contributed by atoms with E-state index in [0.717, 1.165) is 0 Å². The fraction of sp³-hybridized carbons (Fsp3) is 0.630. The Morgan fingerprint density at radius 1 is 1.19 bits per heavy atom. The third-order valence-corrected chi connectivity index (χ3v) is 11.3. The van der Waals surface area contributed by atoms with Gasteiger partial charge in [-0.05, 0) is 37.7 Å². The van der Waals surface area contributed by atoms with Crippen molar-refractivity contribution >= 4 is 31.6 Å². The van der Waals surface area contributed by atoms with Gasteiger partial charge in [-0.1, -0.05) is 12.1 Å². The minimum Gasteiger partial charge on any atom is -0.396 e. The SMILES string of the molecule is C[C@H]1[C@H]([Si](C)(C)F)[C@@H](CCn2cc(CCO)nn2)O[C@]12C(=O)N(C)c1ccc(NC(=O)[C@H]3O[C@@H](O)[C@H](O)[C@@H](O)[C@@H]3O)cc12. The van der Waals surface area contributed by atoms with Crippen LogP contribution < -0.4 is 10.2 Å². The van der Waals surface area contributed by atoms with Crippen LogP contribution in [0.3, 0.4) is 0 Å². The molecule has 14 nitrogen and oxygen atoms in total. The van der Waals surface area contributed by atoms with E-state index in [2.05, 4.69) is 15.6 Å². The number of halogens is 1. The second-order valence-electron chi connectivity index (χ2n) is 12.0. The predicted octanol–water partition coefficient (Wildman–Crippen LogP) is -0.607. The van der Waals surface area contributed by atoms with Gasteiger partial charge in [-0.3, -0.25) is 14.3 Å². The van der Waals surface area contributed by atoms with Gasteiger partial charge in [-0.15, -0.1) is 5.10 Å². The van der Waals surface area contributed by atoms with E-state index in [9.17, 15) is 30.0 Å². The summed E-state index contributed by atoms with van der Waals surface area (Å²) in [6.45, 7) is 5.28. The second kappa shape index (κ2) is 11.6. The van der Waals surface area contributed by atoms with Gasteiger partial charge >= 0.3 is 0 Å². The Labute approximate surface area is 248 Å². The van der Waals surface area contributed by atoms with E-state index in [4.69, 9.17) is 14.6 Å². The van der Waals surface area contributed by atoms with E-state index in [-0.39, 0.29) is 18.2 Å². The molecule has 6 N–H and O–H groups in total. The monoisotopic (exact) mass is 623 g/mol. The summed E-state index contributed by atoms with van der Waals surface area (Å²) >= 11 is 0. The zero-order valence-electron chi connectivity index (χ0n) is 24.3. The average molecular weight is 624 g/mol. The van der Waals surface area contributed by atoms with E-state index >= 15 is 4.11 Å². The van der Waals surface area contributed by atoms with Crippen LogP contribution in [0, 0.1) is 5.92 Å². The topological polar surface area (TPSA) is 200 Å². The number of carbonyl (C=O) groups excluding carboxylic acids is 2. The van der Waals surface area contributed by atoms with Crippen LogP contribution in [-0.2, 0) is 37.6 Å². The van der Waals surface area contributed by atoms with Gasteiger partial charge in [0, 0.05) is 55.5 Å². The van der Waals surface area contributed by atoms with Crippen molar-refractivity contribution in [1.82, 2.24) is 15.0 Å². The molecule has 5 rings (SSSR count). The first kappa shape index (κ1) is 31.6. The summed E-state index contributed by atoms with van der Waals surface area (Å²) in [5, 5.41) is 59.7. The zero-order chi connectivity index (χ0) is 31.4. The highest BCUT2D eigenvalue weighted by atomic mass is 28.4. The molecule has 236 valence electrons. The number of anilines is 2. The molecular weight excluding hydrogens is 585 g/mol. The standard InChI is InChI=1S/C27H38FN5O9Si/c1-13-23(43(3,4)28)18(7-9-33-12-15(8-10-34)30-31-33)42-27(13)16-11-14(5-6-17(16)32(2)26(27)40)29-24(38)22-20(36)19(35)21(37)25(39)41-22/h5-6,11-13,18-23,25,34-37,39H,7-10H2,1-4H3,(H,29,38)/t13-,18+,19-,20-,21+,22-,23-,25+,27+/m0/s1. The van der Waals surface area contributed by atoms with E-state index in [1.165, 1.54) is 11.0 Å². The van der Waals surface area contributed by atoms with E-state index in [1.807, 2.05) is 0 Å². The van der Waals surface area contributed by atoms with Crippen LogP contribution in [0.25, 0.3) is 0 Å². The molecule has 2 saturated heterocycles. The number of benzene rings is 1. The highest BCUT2D eigenvalue weighted by Gasteiger charge is 2.66. The van der Waals surface area contributed by atoms with Crippen molar-refractivity contribution in [2.75, 3.05) is 23.9 Å². The zero-order valence-corrected chi connectivity index (χ0v) is 25.3. The van der Waals surface area contributed by atoms with Crippen LogP contribution in [0.15, 0.2) is 24.4 Å². The van der Waals surface area contributed by atoms with Crippen molar-refractivity contribution < 1.29 is 48.7 Å². The summed E-state index contributed by atoms with van der Waals surface area (Å²) in [7, 11) is -1.81. The van der Waals surface area contributed by atoms with Gasteiger partial charge < -0.3 is 49.3 Å². The average Bonchev–Trinajstić information content (AvgIpc) is 3.58. The summed E-state index contributed by atoms with van der Waals surface area (Å²) in [6.07, 6.45) is -7.21. The summed E-state index contributed by atoms with van der Waals surface area (Å²) in [5.41, 5.74) is -0.279. The Balaban J connectivity index is 1.43. The van der Waals surface area contributed by atoms with Crippen LogP contribution in [0.1, 0.15) is 24.6 Å². The Morgan fingerprint density at radius 3 is 2.58 bits per heavy atom. The molecule has 0 aliphatic carbocycles. The van der Waals surface area contributed by atoms with Gasteiger partial charge in [0.25, 0.3) is 11.8 Å². The molecule has 2 aromatic rings. The van der Waals surface area contributed by atoms with Crippen LogP contribution in [0.4, 0.5) is 15.5 Å². The molecule has 2 fully saturated rings. The number of hydrogen-bond acceptors (Lipinski definition) is 11. The van der Waals surface area contributed by atoms with Crippen molar-refractivity contribution in [3.63, 3.8) is 0 Å². The van der Waals surface area contributed by atoms with Gasteiger partial charge in [-0.25, -0.2) is 0 Å². The summed E-state index contributed by atoms with van der Waals surface area (Å²) in [4.78, 5) is 28.4. The molecule has 0 bridgehead atoms. The first-order chi connectivity index (χ1) is 20.2. The third-order valence-electron chi connectivity index (χ3n) is 8.80. The number of fused-ring (bicyclic) bond motifs is 2. The minimum absolute atomic E-state index is 0.0625. The van der Waals surface area contributed by atoms with Crippen molar-refractivity contribution in [3.05, 3.63) is 35.7 Å². The molecule has 16 heteroatoms. The Morgan fingerprint density at radius 2 is 1.91 bits per heavy atom. The maximum Gasteiger partial charge on any atom is 0.264 e. The Kier molecular flexibility index (Phi) is 8.51. The number of aliphatic hydroxyl groups excluding tert-OH is 5. The number of amides is 2. The Hall–Kier alpha value is -2.83. The van der Waals surface area contributed by atoms with Gasteiger partial charge in [0.2, 0.25) is 8.41 Å². The molecule has 0 radical (unpaired) electrons. The summed E-state index contributed by atoms with van der Waals surface area (Å²) < 4.78 is 29.2. The predicted molar refractivity (Wildman–Crippen MR) is 151 cm³/mol. The molecule has 1 aromatic heterocycles. The van der Waals surface area contributed by atoms with E-state index in [1.54, 1.807) is 50.1 Å². The normalized spacial score (nSPS) is 34.2. The molecule has 3 aliphatic heterocycles. The van der Waals surface area contributed by atoms with Crippen LogP contribution in [-0.4, -0.2) is 111 Å². The number of rotatable bonds is 8. The fourth-order valence-corrected chi connectivity index (χ4v) is 9.27. The lowest BCUT2D eigenvalue weighted by molar-refractivity contribution is -0.274. The molecule has 0 saturated carbocycles. The van der Waals surface area contributed by atoms with Crippen molar-refractivity contribution in [1.29, 1.82) is 0 Å². The smallest absolute Gasteiger partial charge is 0.264 e. The highest BCUT2D eigenvalue weighted by Crippen LogP contribution is 2.60. The number of nitrogens with zero attached hydrogens (tertiary/aromatic N) is 4. The quantitative estimate of drug-likeness (QED) is 0.162. The lowest BCUT2D eigenvalue weighted by Crippen LogP contribution is -2.60. The summed E-state index contributed by atoms with van der Waals surface area (Å²) in [6, 6.07) is 4.72. The van der Waals surface area contributed by atoms with Gasteiger partial charge in [0.1, 0.15) is 18.3 Å². The summed E-state index contributed by atoms with van der Waals surface area (Å²) in [5.74, 6) is -1.82. The molecule has 1 aromatic carbocycles. The first-order valence-corrected chi connectivity index (χ1v) is 17.1. The van der Waals surface area contributed by atoms with E-state index < -0.39 is 68.2 Å². The molecule has 9 atom stereocenters. The number of ether oxygens (including phenoxy) is 2. The van der Waals surface area contributed by atoms with Gasteiger partial charge in [-0.2, -0.15) is 0 Å². The van der Waals surface area contributed by atoms with Crippen LogP contribution >= 0.6 is 0 Å². The molecule has 2 amide bonds. The minimum atomic E-state index is -3.41. The number of likely N-dealkylation sites (N-methyl/N-ethyl adjacent to an activating group) is 1. The number of carbonyl (C=O) groups is 2. The number of nitrogens with one attached hydrogen (secondary N) is 1. The molecule has 4 heterocycles. The van der Waals surface area contributed by atoms with Crippen molar-refractivity contribution in [3.8, 4) is 0 Å². The van der Waals surface area contributed by atoms with Gasteiger partial charge in [0.15, 0.2) is 18.0 Å². The van der Waals surface area contributed by atoms with Crippen LogP contribution in [0.5, 0.6) is 0 Å². The number of aryl methyl sites for hydroxylation is 1. The maximum atomic E-state index is 16.0. The Bertz CT molecular complexity index is 1370. The van der Waals surface area contributed by atoms with Crippen molar-refractivity contribution in [2.45, 2.75) is 87.4 Å². The lowest BCUT2D eigenvalue weighted by Gasteiger charge is -2.37. The molecule has 1 spiro atoms. The highest BCUT2D eigenvalue weighted by molar-refractivity contribution is 6.72. The van der Waals surface area contributed by atoms with Gasteiger partial charge in [0.05, 0.1) is 17.5 Å².